The average molecular weight is 284 g/mol. The molecule has 2 aromatic heterocycles. The normalized spacial score (nSPS) is 23.8. The number of morpholine rings is 1. The number of anilines is 2. The number of nitrogens with two attached hydrogens (primary N) is 1. The molecule has 0 spiro atoms. The van der Waals surface area contributed by atoms with Crippen LogP contribution in [0.25, 0.3) is 11.3 Å². The summed E-state index contributed by atoms with van der Waals surface area (Å²) in [6.07, 6.45) is 4.80. The maximum atomic E-state index is 5.64. The second kappa shape index (κ2) is 4.63. The van der Waals surface area contributed by atoms with Gasteiger partial charge >= 0.3 is 0 Å². The Balaban J connectivity index is 1.71. The molecule has 0 radical (unpaired) electrons. The Morgan fingerprint density at radius 2 is 2.10 bits per heavy atom. The Labute approximate surface area is 122 Å². The van der Waals surface area contributed by atoms with Gasteiger partial charge in [0.1, 0.15) is 11.6 Å². The molecule has 7 heteroatoms. The molecule has 2 N–H and O–H groups in total. The third-order valence-electron chi connectivity index (χ3n) is 3.99. The van der Waals surface area contributed by atoms with Crippen molar-refractivity contribution in [2.75, 3.05) is 23.8 Å². The summed E-state index contributed by atoms with van der Waals surface area (Å²) >= 11 is 0. The third kappa shape index (κ3) is 2.19. The highest BCUT2D eigenvalue weighted by atomic mass is 16.5. The standard InChI is InChI=1S/C14H16N6O/c1-8-18-12(9-4-16-14(15)17-5-9)3-13(19-8)20-6-11-2-10(20)7-21-11/h3-5,10-11H,2,6-7H2,1H3,(H2,15,16,17)/t10-,11?/m0/s1. The molecule has 2 aromatic rings. The van der Waals surface area contributed by atoms with Crippen molar-refractivity contribution < 1.29 is 4.74 Å². The predicted molar refractivity (Wildman–Crippen MR) is 77.7 cm³/mol. The van der Waals surface area contributed by atoms with E-state index in [0.29, 0.717) is 12.1 Å². The van der Waals surface area contributed by atoms with Crippen LogP contribution in [-0.2, 0) is 4.74 Å². The first-order chi connectivity index (χ1) is 10.2. The van der Waals surface area contributed by atoms with Gasteiger partial charge in [0.15, 0.2) is 0 Å². The summed E-state index contributed by atoms with van der Waals surface area (Å²) < 4.78 is 5.64. The maximum Gasteiger partial charge on any atom is 0.219 e. The number of hydrogen-bond acceptors (Lipinski definition) is 7. The lowest BCUT2D eigenvalue weighted by Gasteiger charge is -2.28. The zero-order valence-corrected chi connectivity index (χ0v) is 11.7. The molecule has 4 rings (SSSR count). The number of nitrogen functional groups attached to an aromatic ring is 1. The summed E-state index contributed by atoms with van der Waals surface area (Å²) in [7, 11) is 0. The topological polar surface area (TPSA) is 90.0 Å². The van der Waals surface area contributed by atoms with E-state index in [-0.39, 0.29) is 5.95 Å². The quantitative estimate of drug-likeness (QED) is 0.872. The lowest BCUT2D eigenvalue weighted by molar-refractivity contribution is 0.0989. The monoisotopic (exact) mass is 284 g/mol. The number of fused-ring (bicyclic) bond motifs is 2. The number of ether oxygens (including phenoxy) is 1. The van der Waals surface area contributed by atoms with Gasteiger partial charge in [-0.1, -0.05) is 0 Å². The molecule has 2 aliphatic heterocycles. The van der Waals surface area contributed by atoms with Crippen LogP contribution in [-0.4, -0.2) is 45.2 Å². The molecule has 108 valence electrons. The van der Waals surface area contributed by atoms with Gasteiger partial charge in [0.05, 0.1) is 24.4 Å². The summed E-state index contributed by atoms with van der Waals surface area (Å²) in [6, 6.07) is 2.42. The smallest absolute Gasteiger partial charge is 0.219 e. The zero-order chi connectivity index (χ0) is 14.4. The fourth-order valence-corrected chi connectivity index (χ4v) is 3.00. The first-order valence-electron chi connectivity index (χ1n) is 7.01. The Morgan fingerprint density at radius 1 is 1.29 bits per heavy atom. The van der Waals surface area contributed by atoms with Crippen molar-refractivity contribution in [3.8, 4) is 11.3 Å². The van der Waals surface area contributed by atoms with Crippen LogP contribution in [0.5, 0.6) is 0 Å². The van der Waals surface area contributed by atoms with Crippen LogP contribution < -0.4 is 10.6 Å². The van der Waals surface area contributed by atoms with E-state index in [1.54, 1.807) is 12.4 Å². The van der Waals surface area contributed by atoms with Crippen LogP contribution in [0.1, 0.15) is 12.2 Å². The van der Waals surface area contributed by atoms with Gasteiger partial charge in [-0.15, -0.1) is 0 Å². The van der Waals surface area contributed by atoms with Crippen molar-refractivity contribution in [3.63, 3.8) is 0 Å². The van der Waals surface area contributed by atoms with Gasteiger partial charge in [-0.2, -0.15) is 0 Å². The van der Waals surface area contributed by atoms with Gasteiger partial charge in [0.2, 0.25) is 5.95 Å². The lowest BCUT2D eigenvalue weighted by Crippen LogP contribution is -2.37. The van der Waals surface area contributed by atoms with E-state index in [1.807, 2.05) is 13.0 Å². The highest BCUT2D eigenvalue weighted by Crippen LogP contribution is 2.32. The van der Waals surface area contributed by atoms with Crippen molar-refractivity contribution in [2.24, 2.45) is 0 Å². The average Bonchev–Trinajstić information content (AvgIpc) is 3.10. The first kappa shape index (κ1) is 12.5. The highest BCUT2D eigenvalue weighted by molar-refractivity contribution is 5.62. The fraction of sp³-hybridized carbons (Fsp3) is 0.429. The highest BCUT2D eigenvalue weighted by Gasteiger charge is 2.39. The van der Waals surface area contributed by atoms with Gasteiger partial charge < -0.3 is 15.4 Å². The molecule has 2 atom stereocenters. The molecule has 2 bridgehead atoms. The Kier molecular flexibility index (Phi) is 2.75. The molecule has 2 saturated heterocycles. The van der Waals surface area contributed by atoms with E-state index in [4.69, 9.17) is 10.5 Å². The van der Waals surface area contributed by atoms with Crippen molar-refractivity contribution in [1.29, 1.82) is 0 Å². The van der Waals surface area contributed by atoms with Crippen molar-refractivity contribution in [2.45, 2.75) is 25.5 Å². The molecule has 21 heavy (non-hydrogen) atoms. The minimum Gasteiger partial charge on any atom is -0.374 e. The first-order valence-corrected chi connectivity index (χ1v) is 7.01. The van der Waals surface area contributed by atoms with Gasteiger partial charge in [-0.05, 0) is 13.3 Å². The summed E-state index contributed by atoms with van der Waals surface area (Å²) in [5.41, 5.74) is 7.19. The van der Waals surface area contributed by atoms with Crippen molar-refractivity contribution in [3.05, 3.63) is 24.3 Å². The van der Waals surface area contributed by atoms with Crippen molar-refractivity contribution in [1.82, 2.24) is 19.9 Å². The molecule has 0 saturated carbocycles. The molecule has 7 nitrogen and oxygen atoms in total. The van der Waals surface area contributed by atoms with Crippen LogP contribution in [0.4, 0.5) is 11.8 Å². The van der Waals surface area contributed by atoms with Crippen LogP contribution in [0.3, 0.4) is 0 Å². The molecule has 0 aliphatic carbocycles. The van der Waals surface area contributed by atoms with Gasteiger partial charge in [0.25, 0.3) is 0 Å². The van der Waals surface area contributed by atoms with Crippen LogP contribution >= 0.6 is 0 Å². The van der Waals surface area contributed by atoms with Gasteiger partial charge in [0, 0.05) is 30.6 Å². The Bertz CT molecular complexity index is 674. The van der Waals surface area contributed by atoms with Gasteiger partial charge in [-0.3, -0.25) is 0 Å². The minimum absolute atomic E-state index is 0.263. The SMILES string of the molecule is Cc1nc(-c2cnc(N)nc2)cc(N2CC3C[C@H]2CO3)n1. The van der Waals surface area contributed by atoms with E-state index in [9.17, 15) is 0 Å². The molecule has 0 amide bonds. The van der Waals surface area contributed by atoms with Crippen LogP contribution in [0.15, 0.2) is 18.5 Å². The number of rotatable bonds is 2. The molecular formula is C14H16N6O. The molecule has 2 aliphatic rings. The molecule has 1 unspecified atom stereocenters. The number of aryl methyl sites for hydroxylation is 1. The summed E-state index contributed by atoms with van der Waals surface area (Å²) in [5.74, 6) is 1.95. The Morgan fingerprint density at radius 3 is 2.76 bits per heavy atom. The van der Waals surface area contributed by atoms with Crippen LogP contribution in [0, 0.1) is 6.92 Å². The molecule has 4 heterocycles. The predicted octanol–water partition coefficient (Wildman–Crippen LogP) is 0.802. The van der Waals surface area contributed by atoms with E-state index in [0.717, 1.165) is 42.5 Å². The Hall–Kier alpha value is -2.28. The van der Waals surface area contributed by atoms with E-state index < -0.39 is 0 Å². The zero-order valence-electron chi connectivity index (χ0n) is 11.7. The summed E-state index contributed by atoms with van der Waals surface area (Å²) in [4.78, 5) is 19.4. The molecule has 0 aromatic carbocycles. The third-order valence-corrected chi connectivity index (χ3v) is 3.99. The van der Waals surface area contributed by atoms with E-state index in [2.05, 4.69) is 24.8 Å². The maximum absolute atomic E-state index is 5.64. The lowest BCUT2D eigenvalue weighted by atomic mass is 10.2. The van der Waals surface area contributed by atoms with E-state index >= 15 is 0 Å². The van der Waals surface area contributed by atoms with Crippen molar-refractivity contribution >= 4 is 11.8 Å². The molecular weight excluding hydrogens is 268 g/mol. The fourth-order valence-electron chi connectivity index (χ4n) is 3.00. The van der Waals surface area contributed by atoms with E-state index in [1.165, 1.54) is 0 Å². The van der Waals surface area contributed by atoms with Crippen LogP contribution in [0.2, 0.25) is 0 Å². The second-order valence-corrected chi connectivity index (χ2v) is 5.49. The molecule has 2 fully saturated rings. The number of nitrogens with zero attached hydrogens (tertiary/aromatic N) is 5. The van der Waals surface area contributed by atoms with Gasteiger partial charge in [-0.25, -0.2) is 19.9 Å². The minimum atomic E-state index is 0.263. The summed E-state index contributed by atoms with van der Waals surface area (Å²) in [5, 5.41) is 0. The summed E-state index contributed by atoms with van der Waals surface area (Å²) in [6.45, 7) is 3.59. The largest absolute Gasteiger partial charge is 0.374 e. The number of hydrogen-bond donors (Lipinski definition) is 1. The second-order valence-electron chi connectivity index (χ2n) is 5.49. The number of aromatic nitrogens is 4.